The number of halogens is 1. The maximum absolute atomic E-state index is 12.3. The highest BCUT2D eigenvalue weighted by molar-refractivity contribution is 6.29. The predicted octanol–water partition coefficient (Wildman–Crippen LogP) is 8.96. The fourth-order valence-electron chi connectivity index (χ4n) is 9.16. The molecular formula is C31H51ClO2. The number of ether oxygens (including phenoxy) is 1. The van der Waals surface area contributed by atoms with Crippen molar-refractivity contribution in [2.45, 2.75) is 130 Å². The van der Waals surface area contributed by atoms with Crippen LogP contribution in [-0.4, -0.2) is 17.5 Å². The number of alkyl halides is 1. The summed E-state index contributed by atoms with van der Waals surface area (Å²) in [5, 5.41) is -0.503. The molecule has 4 rings (SSSR count). The van der Waals surface area contributed by atoms with Crippen LogP contribution in [0.3, 0.4) is 0 Å². The van der Waals surface area contributed by atoms with Crippen LogP contribution >= 0.6 is 11.6 Å². The quantitative estimate of drug-likeness (QED) is 0.193. The molecule has 0 bridgehead atoms. The zero-order chi connectivity index (χ0) is 24.7. The molecule has 4 aliphatic carbocycles. The Labute approximate surface area is 215 Å². The first-order valence-corrected chi connectivity index (χ1v) is 15.1. The summed E-state index contributed by atoms with van der Waals surface area (Å²) in [5.41, 5.74) is 2.43. The minimum absolute atomic E-state index is 0.0209. The van der Waals surface area contributed by atoms with Gasteiger partial charge in [-0.1, -0.05) is 72.5 Å². The fraction of sp³-hybridized carbons (Fsp3) is 0.903. The number of hydrogen-bond donors (Lipinski definition) is 0. The van der Waals surface area contributed by atoms with Gasteiger partial charge in [0.25, 0.3) is 0 Å². The van der Waals surface area contributed by atoms with Gasteiger partial charge in [0.15, 0.2) is 0 Å². The Morgan fingerprint density at radius 3 is 2.56 bits per heavy atom. The van der Waals surface area contributed by atoms with Gasteiger partial charge in [-0.3, -0.25) is 4.79 Å². The standard InChI is InChI=1S/C31H51ClO2/c1-7-28(32)29(33)34-23-15-17-30(5)22(19-23)11-12-24-26-14-13-25(21(4)10-8-9-20(2)3)31(26,6)18-16-27(24)30/h11,20-21,23-28H,7-10,12-19H2,1-6H3/t21-,23-,24+,25-,26+,27+,28+,30-,31+/m0/s1. The summed E-state index contributed by atoms with van der Waals surface area (Å²) in [5.74, 6) is 4.96. The Morgan fingerprint density at radius 1 is 1.09 bits per heavy atom. The third kappa shape index (κ3) is 4.88. The predicted molar refractivity (Wildman–Crippen MR) is 143 cm³/mol. The molecule has 34 heavy (non-hydrogen) atoms. The first kappa shape index (κ1) is 26.6. The summed E-state index contributed by atoms with van der Waals surface area (Å²) >= 11 is 6.14. The molecule has 3 fully saturated rings. The number of fused-ring (bicyclic) bond motifs is 5. The summed E-state index contributed by atoms with van der Waals surface area (Å²) < 4.78 is 5.83. The summed E-state index contributed by atoms with van der Waals surface area (Å²) in [6.45, 7) is 14.5. The van der Waals surface area contributed by atoms with Crippen molar-refractivity contribution in [2.75, 3.05) is 0 Å². The van der Waals surface area contributed by atoms with Gasteiger partial charge in [0.2, 0.25) is 0 Å². The topological polar surface area (TPSA) is 26.3 Å². The normalized spacial score (nSPS) is 41.2. The number of carbonyl (C=O) groups is 1. The van der Waals surface area contributed by atoms with Gasteiger partial charge in [-0.2, -0.15) is 0 Å². The van der Waals surface area contributed by atoms with Gasteiger partial charge in [0, 0.05) is 6.42 Å². The largest absolute Gasteiger partial charge is 0.461 e. The Balaban J connectivity index is 1.43. The molecule has 3 heteroatoms. The summed E-state index contributed by atoms with van der Waals surface area (Å²) in [6, 6.07) is 0. The van der Waals surface area contributed by atoms with E-state index in [9.17, 15) is 4.79 Å². The van der Waals surface area contributed by atoms with Gasteiger partial charge in [-0.25, -0.2) is 0 Å². The SMILES string of the molecule is CC[C@@H](Cl)C(=O)O[C@H]1CC[C@@]2(C)C(=CC[C@@H]3[C@H]4CC[C@@H]([C@@H](C)CCCC(C)C)[C@@]4(C)CC[C@H]32)C1. The molecular weight excluding hydrogens is 440 g/mol. The van der Waals surface area contributed by atoms with E-state index in [4.69, 9.17) is 16.3 Å². The number of rotatable bonds is 8. The molecule has 0 spiro atoms. The smallest absolute Gasteiger partial charge is 0.324 e. The Bertz CT molecular complexity index is 759. The third-order valence-corrected chi connectivity index (χ3v) is 11.6. The highest BCUT2D eigenvalue weighted by Gasteiger charge is 2.59. The second-order valence-corrected chi connectivity index (χ2v) is 14.0. The van der Waals surface area contributed by atoms with Crippen molar-refractivity contribution in [3.8, 4) is 0 Å². The van der Waals surface area contributed by atoms with Gasteiger partial charge in [0.05, 0.1) is 0 Å². The van der Waals surface area contributed by atoms with E-state index in [0.29, 0.717) is 17.3 Å². The molecule has 4 aliphatic rings. The number of hydrogen-bond acceptors (Lipinski definition) is 2. The van der Waals surface area contributed by atoms with Crippen molar-refractivity contribution in [2.24, 2.45) is 46.3 Å². The van der Waals surface area contributed by atoms with Crippen LogP contribution in [0.1, 0.15) is 119 Å². The minimum Gasteiger partial charge on any atom is -0.461 e. The van der Waals surface area contributed by atoms with Gasteiger partial charge in [-0.05, 0) is 97.7 Å². The van der Waals surface area contributed by atoms with Gasteiger partial charge < -0.3 is 4.74 Å². The lowest BCUT2D eigenvalue weighted by Crippen LogP contribution is -2.51. The maximum atomic E-state index is 12.3. The molecule has 0 aliphatic heterocycles. The maximum Gasteiger partial charge on any atom is 0.324 e. The Kier molecular flexibility index (Phi) is 8.18. The molecule has 0 aromatic rings. The number of allylic oxidation sites excluding steroid dienone is 1. The summed E-state index contributed by atoms with van der Waals surface area (Å²) in [7, 11) is 0. The molecule has 0 N–H and O–H groups in total. The van der Waals surface area contributed by atoms with E-state index in [1.54, 1.807) is 5.57 Å². The van der Waals surface area contributed by atoms with Crippen LogP contribution < -0.4 is 0 Å². The van der Waals surface area contributed by atoms with Gasteiger partial charge in [0.1, 0.15) is 11.5 Å². The third-order valence-electron chi connectivity index (χ3n) is 11.2. The van der Waals surface area contributed by atoms with Gasteiger partial charge >= 0.3 is 5.97 Å². The van der Waals surface area contributed by atoms with Crippen LogP contribution in [0.4, 0.5) is 0 Å². The van der Waals surface area contributed by atoms with E-state index in [-0.39, 0.29) is 12.1 Å². The molecule has 0 aromatic carbocycles. The van der Waals surface area contributed by atoms with Crippen LogP contribution in [0, 0.1) is 46.3 Å². The first-order valence-electron chi connectivity index (χ1n) is 14.6. The van der Waals surface area contributed by atoms with E-state index >= 15 is 0 Å². The molecule has 0 unspecified atom stereocenters. The van der Waals surface area contributed by atoms with Crippen LogP contribution in [0.25, 0.3) is 0 Å². The molecule has 0 heterocycles. The Morgan fingerprint density at radius 2 is 1.85 bits per heavy atom. The average Bonchev–Trinajstić information content (AvgIpc) is 3.15. The zero-order valence-corrected chi connectivity index (χ0v) is 23.6. The summed E-state index contributed by atoms with van der Waals surface area (Å²) in [4.78, 5) is 12.3. The minimum atomic E-state index is -0.503. The van der Waals surface area contributed by atoms with E-state index in [1.807, 2.05) is 6.92 Å². The van der Waals surface area contributed by atoms with Crippen LogP contribution in [-0.2, 0) is 9.53 Å². The van der Waals surface area contributed by atoms with Crippen molar-refractivity contribution in [3.05, 3.63) is 11.6 Å². The molecule has 0 aromatic heterocycles. The van der Waals surface area contributed by atoms with Crippen LogP contribution in [0.2, 0.25) is 0 Å². The molecule has 2 nitrogen and oxygen atoms in total. The molecule has 0 saturated heterocycles. The lowest BCUT2D eigenvalue weighted by Gasteiger charge is -2.58. The van der Waals surface area contributed by atoms with Crippen molar-refractivity contribution >= 4 is 17.6 Å². The molecule has 0 amide bonds. The second kappa shape index (κ2) is 10.5. The van der Waals surface area contributed by atoms with E-state index in [0.717, 1.165) is 54.8 Å². The molecule has 9 atom stereocenters. The fourth-order valence-corrected chi connectivity index (χ4v) is 9.21. The lowest BCUT2D eigenvalue weighted by atomic mass is 9.47. The molecule has 3 saturated carbocycles. The molecule has 194 valence electrons. The highest BCUT2D eigenvalue weighted by Crippen LogP contribution is 2.67. The van der Waals surface area contributed by atoms with E-state index in [2.05, 4.69) is 40.7 Å². The summed E-state index contributed by atoms with van der Waals surface area (Å²) in [6.07, 6.45) is 17.5. The van der Waals surface area contributed by atoms with Crippen molar-refractivity contribution in [1.29, 1.82) is 0 Å². The van der Waals surface area contributed by atoms with Crippen molar-refractivity contribution in [1.82, 2.24) is 0 Å². The van der Waals surface area contributed by atoms with Crippen molar-refractivity contribution < 1.29 is 9.53 Å². The van der Waals surface area contributed by atoms with Crippen LogP contribution in [0.5, 0.6) is 0 Å². The Hall–Kier alpha value is -0.500. The molecule has 0 radical (unpaired) electrons. The van der Waals surface area contributed by atoms with E-state index in [1.165, 1.54) is 51.4 Å². The van der Waals surface area contributed by atoms with Crippen molar-refractivity contribution in [3.63, 3.8) is 0 Å². The van der Waals surface area contributed by atoms with E-state index < -0.39 is 5.38 Å². The number of carbonyl (C=O) groups excluding carboxylic acids is 1. The lowest BCUT2D eigenvalue weighted by molar-refractivity contribution is -0.151. The average molecular weight is 491 g/mol. The second-order valence-electron chi connectivity index (χ2n) is 13.5. The van der Waals surface area contributed by atoms with Gasteiger partial charge in [-0.15, -0.1) is 11.6 Å². The first-order chi connectivity index (χ1) is 16.1. The zero-order valence-electron chi connectivity index (χ0n) is 22.9. The van der Waals surface area contributed by atoms with Crippen LogP contribution in [0.15, 0.2) is 11.6 Å². The monoisotopic (exact) mass is 490 g/mol. The highest BCUT2D eigenvalue weighted by atomic mass is 35.5. The number of esters is 1.